The molecule has 0 aliphatic rings. The molecule has 0 saturated carbocycles. The zero-order valence-corrected chi connectivity index (χ0v) is 13.5. The highest BCUT2D eigenvalue weighted by Crippen LogP contribution is 2.06. The molecule has 3 heteroatoms. The summed E-state index contributed by atoms with van der Waals surface area (Å²) >= 11 is 0. The maximum atomic E-state index is 11.0. The first-order valence-corrected chi connectivity index (χ1v) is 8.26. The number of unbranched alkanes of at least 4 members (excludes halogenated alkanes) is 6. The van der Waals surface area contributed by atoms with E-state index in [0.717, 1.165) is 19.6 Å². The molecule has 0 aromatic carbocycles. The van der Waals surface area contributed by atoms with Crippen molar-refractivity contribution in [3.8, 4) is 0 Å². The van der Waals surface area contributed by atoms with Crippen molar-refractivity contribution in [3.63, 3.8) is 0 Å². The molecule has 3 nitrogen and oxygen atoms in total. The molecule has 118 valence electrons. The first kappa shape index (κ1) is 19.2. The molecule has 0 aliphatic heterocycles. The SMILES string of the molecule is C=CC(=O)OCCN(CCCC)CCCCCCCC. The third-order valence-corrected chi connectivity index (χ3v) is 3.47. The van der Waals surface area contributed by atoms with E-state index in [1.54, 1.807) is 0 Å². The third-order valence-electron chi connectivity index (χ3n) is 3.47. The van der Waals surface area contributed by atoms with Crippen molar-refractivity contribution in [1.82, 2.24) is 4.90 Å². The van der Waals surface area contributed by atoms with Gasteiger partial charge in [0.25, 0.3) is 0 Å². The Hall–Kier alpha value is -0.830. The van der Waals surface area contributed by atoms with Gasteiger partial charge in [-0.2, -0.15) is 0 Å². The quantitative estimate of drug-likeness (QED) is 0.272. The van der Waals surface area contributed by atoms with Crippen LogP contribution in [0.25, 0.3) is 0 Å². The first-order valence-electron chi connectivity index (χ1n) is 8.26. The molecule has 0 radical (unpaired) electrons. The average molecular weight is 283 g/mol. The number of hydrogen-bond acceptors (Lipinski definition) is 3. The Morgan fingerprint density at radius 3 is 2.20 bits per heavy atom. The second-order valence-electron chi connectivity index (χ2n) is 5.33. The monoisotopic (exact) mass is 283 g/mol. The van der Waals surface area contributed by atoms with Crippen LogP contribution in [-0.2, 0) is 9.53 Å². The van der Waals surface area contributed by atoms with Gasteiger partial charge >= 0.3 is 5.97 Å². The summed E-state index contributed by atoms with van der Waals surface area (Å²) < 4.78 is 5.06. The summed E-state index contributed by atoms with van der Waals surface area (Å²) in [6.45, 7) is 11.4. The lowest BCUT2D eigenvalue weighted by Gasteiger charge is -2.21. The van der Waals surface area contributed by atoms with Crippen LogP contribution >= 0.6 is 0 Å². The van der Waals surface area contributed by atoms with Crippen LogP contribution in [0.3, 0.4) is 0 Å². The number of hydrogen-bond donors (Lipinski definition) is 0. The number of esters is 1. The Balaban J connectivity index is 3.72. The molecule has 0 spiro atoms. The lowest BCUT2D eigenvalue weighted by molar-refractivity contribution is -0.138. The fraction of sp³-hybridized carbons (Fsp3) is 0.824. The third kappa shape index (κ3) is 12.2. The van der Waals surface area contributed by atoms with Gasteiger partial charge in [0.15, 0.2) is 0 Å². The van der Waals surface area contributed by atoms with Gasteiger partial charge in [-0.1, -0.05) is 59.0 Å². The Kier molecular flexibility index (Phi) is 14.0. The number of carbonyl (C=O) groups excluding carboxylic acids is 1. The standard InChI is InChI=1S/C17H33NO2/c1-4-7-9-10-11-12-14-18(13-8-5-2)15-16-20-17(19)6-3/h6H,3-5,7-16H2,1-2H3. The fourth-order valence-electron chi connectivity index (χ4n) is 2.17. The molecule has 0 N–H and O–H groups in total. The molecule has 0 fully saturated rings. The highest BCUT2D eigenvalue weighted by atomic mass is 16.5. The summed E-state index contributed by atoms with van der Waals surface area (Å²) in [5.41, 5.74) is 0. The van der Waals surface area contributed by atoms with Crippen molar-refractivity contribution < 1.29 is 9.53 Å². The smallest absolute Gasteiger partial charge is 0.330 e. The molecule has 0 aromatic heterocycles. The second-order valence-corrected chi connectivity index (χ2v) is 5.33. The summed E-state index contributed by atoms with van der Waals surface area (Å²) in [7, 11) is 0. The van der Waals surface area contributed by atoms with Gasteiger partial charge in [0.2, 0.25) is 0 Å². The van der Waals surface area contributed by atoms with E-state index in [1.165, 1.54) is 57.4 Å². The minimum atomic E-state index is -0.319. The van der Waals surface area contributed by atoms with Crippen molar-refractivity contribution in [2.45, 2.75) is 65.2 Å². The molecular weight excluding hydrogens is 250 g/mol. The number of ether oxygens (including phenoxy) is 1. The van der Waals surface area contributed by atoms with Gasteiger partial charge in [-0.25, -0.2) is 4.79 Å². The average Bonchev–Trinajstić information content (AvgIpc) is 2.47. The van der Waals surface area contributed by atoms with E-state index in [4.69, 9.17) is 4.74 Å². The van der Waals surface area contributed by atoms with E-state index in [0.29, 0.717) is 6.61 Å². The van der Waals surface area contributed by atoms with E-state index in [1.807, 2.05) is 0 Å². The van der Waals surface area contributed by atoms with Gasteiger partial charge in [-0.15, -0.1) is 0 Å². The number of rotatable bonds is 14. The van der Waals surface area contributed by atoms with Crippen molar-refractivity contribution >= 4 is 5.97 Å². The molecule has 20 heavy (non-hydrogen) atoms. The second kappa shape index (κ2) is 14.6. The van der Waals surface area contributed by atoms with Crippen LogP contribution in [0.1, 0.15) is 65.2 Å². The van der Waals surface area contributed by atoms with Crippen LogP contribution in [0.2, 0.25) is 0 Å². The van der Waals surface area contributed by atoms with Crippen LogP contribution in [0.4, 0.5) is 0 Å². The van der Waals surface area contributed by atoms with Crippen LogP contribution in [0.15, 0.2) is 12.7 Å². The molecular formula is C17H33NO2. The predicted molar refractivity (Wildman–Crippen MR) is 85.9 cm³/mol. The Morgan fingerprint density at radius 2 is 1.55 bits per heavy atom. The zero-order chi connectivity index (χ0) is 15.1. The van der Waals surface area contributed by atoms with Gasteiger partial charge in [-0.3, -0.25) is 4.90 Å². The Morgan fingerprint density at radius 1 is 0.950 bits per heavy atom. The minimum absolute atomic E-state index is 0.319. The summed E-state index contributed by atoms with van der Waals surface area (Å²) in [6.07, 6.45) is 11.6. The predicted octanol–water partition coefficient (Wildman–Crippen LogP) is 4.18. The normalized spacial score (nSPS) is 10.8. The van der Waals surface area contributed by atoms with Crippen molar-refractivity contribution in [1.29, 1.82) is 0 Å². The van der Waals surface area contributed by atoms with Gasteiger partial charge in [-0.05, 0) is 25.9 Å². The van der Waals surface area contributed by atoms with Crippen molar-refractivity contribution in [3.05, 3.63) is 12.7 Å². The lowest BCUT2D eigenvalue weighted by Crippen LogP contribution is -2.30. The molecule has 0 aromatic rings. The van der Waals surface area contributed by atoms with E-state index >= 15 is 0 Å². The topological polar surface area (TPSA) is 29.5 Å². The fourth-order valence-corrected chi connectivity index (χ4v) is 2.17. The lowest BCUT2D eigenvalue weighted by atomic mass is 10.1. The molecule has 0 saturated heterocycles. The van der Waals surface area contributed by atoms with Crippen molar-refractivity contribution in [2.24, 2.45) is 0 Å². The number of nitrogens with zero attached hydrogens (tertiary/aromatic N) is 1. The largest absolute Gasteiger partial charge is 0.461 e. The molecule has 0 bridgehead atoms. The maximum absolute atomic E-state index is 11.0. The van der Waals surface area contributed by atoms with Gasteiger partial charge in [0, 0.05) is 12.6 Å². The first-order chi connectivity index (χ1) is 9.74. The number of carbonyl (C=O) groups is 1. The van der Waals surface area contributed by atoms with Gasteiger partial charge < -0.3 is 4.74 Å². The van der Waals surface area contributed by atoms with E-state index in [9.17, 15) is 4.79 Å². The van der Waals surface area contributed by atoms with Crippen LogP contribution in [-0.4, -0.2) is 37.1 Å². The van der Waals surface area contributed by atoms with E-state index in [2.05, 4.69) is 25.3 Å². The summed E-state index contributed by atoms with van der Waals surface area (Å²) in [5.74, 6) is -0.319. The zero-order valence-electron chi connectivity index (χ0n) is 13.5. The van der Waals surface area contributed by atoms with Crippen LogP contribution < -0.4 is 0 Å². The molecule has 0 aliphatic carbocycles. The van der Waals surface area contributed by atoms with Crippen LogP contribution in [0.5, 0.6) is 0 Å². The van der Waals surface area contributed by atoms with Gasteiger partial charge in [0.1, 0.15) is 6.61 Å². The summed E-state index contributed by atoms with van der Waals surface area (Å²) in [4.78, 5) is 13.4. The molecule has 0 atom stereocenters. The minimum Gasteiger partial charge on any atom is -0.461 e. The van der Waals surface area contributed by atoms with E-state index in [-0.39, 0.29) is 5.97 Å². The molecule has 0 heterocycles. The highest BCUT2D eigenvalue weighted by Gasteiger charge is 2.05. The summed E-state index contributed by atoms with van der Waals surface area (Å²) in [6, 6.07) is 0. The van der Waals surface area contributed by atoms with Crippen molar-refractivity contribution in [2.75, 3.05) is 26.2 Å². The van der Waals surface area contributed by atoms with Crippen LogP contribution in [0, 0.1) is 0 Å². The molecule has 0 rings (SSSR count). The highest BCUT2D eigenvalue weighted by molar-refractivity contribution is 5.81. The van der Waals surface area contributed by atoms with Gasteiger partial charge in [0.05, 0.1) is 0 Å². The maximum Gasteiger partial charge on any atom is 0.330 e. The summed E-state index contributed by atoms with van der Waals surface area (Å²) in [5, 5.41) is 0. The Labute approximate surface area is 125 Å². The Bertz CT molecular complexity index is 241. The molecule has 0 unspecified atom stereocenters. The molecule has 0 amide bonds. The van der Waals surface area contributed by atoms with E-state index < -0.39 is 0 Å².